The van der Waals surface area contributed by atoms with Crippen LogP contribution in [0.4, 0.5) is 0 Å². The Balaban J connectivity index is 1.93. The minimum Gasteiger partial charge on any atom is -0.207 e. The molecule has 0 radical (unpaired) electrons. The Labute approximate surface area is 102 Å². The molecule has 17 heavy (non-hydrogen) atoms. The smallest absolute Gasteiger partial charge is 0.207 e. The predicted molar refractivity (Wildman–Crippen MR) is 66.2 cm³/mol. The van der Waals surface area contributed by atoms with E-state index < -0.39 is 10.0 Å². The minimum atomic E-state index is -3.25. The molecule has 92 valence electrons. The van der Waals surface area contributed by atoms with Gasteiger partial charge in [0.1, 0.15) is 0 Å². The van der Waals surface area contributed by atoms with Gasteiger partial charge in [0.15, 0.2) is 0 Å². The van der Waals surface area contributed by atoms with E-state index in [1.807, 2.05) is 19.1 Å². The zero-order valence-electron chi connectivity index (χ0n) is 9.96. The summed E-state index contributed by atoms with van der Waals surface area (Å²) < 4.78 is 26.6. The summed E-state index contributed by atoms with van der Waals surface area (Å²) in [6.45, 7) is 2.67. The molecule has 0 amide bonds. The highest BCUT2D eigenvalue weighted by molar-refractivity contribution is 7.89. The van der Waals surface area contributed by atoms with Crippen molar-refractivity contribution < 1.29 is 8.42 Å². The maximum atomic E-state index is 12.5. The monoisotopic (exact) mass is 251 g/mol. The molecule has 3 rings (SSSR count). The maximum absolute atomic E-state index is 12.5. The first kappa shape index (κ1) is 11.2. The quantitative estimate of drug-likeness (QED) is 0.808. The van der Waals surface area contributed by atoms with Gasteiger partial charge >= 0.3 is 0 Å². The van der Waals surface area contributed by atoms with Crippen molar-refractivity contribution in [2.45, 2.75) is 37.1 Å². The van der Waals surface area contributed by atoms with E-state index in [0.29, 0.717) is 17.4 Å². The van der Waals surface area contributed by atoms with Gasteiger partial charge in [0, 0.05) is 12.6 Å². The third-order valence-corrected chi connectivity index (χ3v) is 6.03. The van der Waals surface area contributed by atoms with Crippen molar-refractivity contribution in [1.29, 1.82) is 0 Å². The van der Waals surface area contributed by atoms with Crippen LogP contribution in [0.5, 0.6) is 0 Å². The molecule has 0 aromatic heterocycles. The topological polar surface area (TPSA) is 37.4 Å². The highest BCUT2D eigenvalue weighted by Crippen LogP contribution is 2.42. The van der Waals surface area contributed by atoms with E-state index >= 15 is 0 Å². The second-order valence-electron chi connectivity index (χ2n) is 5.12. The van der Waals surface area contributed by atoms with Crippen LogP contribution in [0.2, 0.25) is 0 Å². The van der Waals surface area contributed by atoms with Gasteiger partial charge in [-0.05, 0) is 44.2 Å². The van der Waals surface area contributed by atoms with Crippen LogP contribution < -0.4 is 0 Å². The Kier molecular flexibility index (Phi) is 2.52. The molecule has 1 saturated carbocycles. The van der Waals surface area contributed by atoms with Crippen LogP contribution >= 0.6 is 0 Å². The van der Waals surface area contributed by atoms with Gasteiger partial charge in [0.25, 0.3) is 0 Å². The van der Waals surface area contributed by atoms with Crippen LogP contribution in [0.25, 0.3) is 0 Å². The average Bonchev–Trinajstić information content (AvgIpc) is 2.55. The standard InChI is InChI=1S/C13H17NO2S/c1-10-2-5-12(6-3-10)17(15,16)14-9-8-11-4-7-13(11)14/h2-3,5-6,11,13H,4,7-9H2,1H3/t11-,13-/m1/s1. The van der Waals surface area contributed by atoms with Crippen LogP contribution in [-0.2, 0) is 10.0 Å². The van der Waals surface area contributed by atoms with Gasteiger partial charge in [-0.2, -0.15) is 4.31 Å². The van der Waals surface area contributed by atoms with Gasteiger partial charge < -0.3 is 0 Å². The lowest BCUT2D eigenvalue weighted by atomic mass is 9.81. The fraction of sp³-hybridized carbons (Fsp3) is 0.538. The van der Waals surface area contributed by atoms with E-state index in [9.17, 15) is 8.42 Å². The van der Waals surface area contributed by atoms with Crippen molar-refractivity contribution in [3.05, 3.63) is 29.8 Å². The molecular formula is C13H17NO2S. The molecule has 1 aliphatic heterocycles. The minimum absolute atomic E-state index is 0.279. The van der Waals surface area contributed by atoms with Crippen LogP contribution in [0.15, 0.2) is 29.2 Å². The van der Waals surface area contributed by atoms with Crippen molar-refractivity contribution in [3.8, 4) is 0 Å². The van der Waals surface area contributed by atoms with Gasteiger partial charge in [-0.15, -0.1) is 0 Å². The number of hydrogen-bond donors (Lipinski definition) is 0. The number of benzene rings is 1. The number of aryl methyl sites for hydroxylation is 1. The van der Waals surface area contributed by atoms with Crippen molar-refractivity contribution in [2.24, 2.45) is 5.92 Å². The Morgan fingerprint density at radius 2 is 1.82 bits per heavy atom. The number of rotatable bonds is 2. The van der Waals surface area contributed by atoms with Crippen LogP contribution in [-0.4, -0.2) is 25.3 Å². The number of hydrogen-bond acceptors (Lipinski definition) is 2. The Bertz CT molecular complexity index is 521. The molecule has 2 aliphatic rings. The first-order valence-corrected chi connectivity index (χ1v) is 7.61. The van der Waals surface area contributed by atoms with Crippen molar-refractivity contribution in [1.82, 2.24) is 4.31 Å². The predicted octanol–water partition coefficient (Wildman–Crippen LogP) is 2.17. The lowest BCUT2D eigenvalue weighted by Crippen LogP contribution is -2.42. The van der Waals surface area contributed by atoms with Gasteiger partial charge in [-0.3, -0.25) is 0 Å². The lowest BCUT2D eigenvalue weighted by molar-refractivity contribution is 0.211. The summed E-state index contributed by atoms with van der Waals surface area (Å²) in [4.78, 5) is 0.440. The van der Waals surface area contributed by atoms with E-state index in [1.54, 1.807) is 16.4 Å². The van der Waals surface area contributed by atoms with Crippen molar-refractivity contribution in [3.63, 3.8) is 0 Å². The molecule has 2 fully saturated rings. The molecule has 1 aliphatic carbocycles. The first-order valence-electron chi connectivity index (χ1n) is 6.17. The molecular weight excluding hydrogens is 234 g/mol. The fourth-order valence-electron chi connectivity index (χ4n) is 2.87. The van der Waals surface area contributed by atoms with Crippen LogP contribution in [0.3, 0.4) is 0 Å². The summed E-state index contributed by atoms with van der Waals surface area (Å²) >= 11 is 0. The largest absolute Gasteiger partial charge is 0.243 e. The summed E-state index contributed by atoms with van der Waals surface area (Å²) in [7, 11) is -3.25. The SMILES string of the molecule is Cc1ccc(S(=O)(=O)N2CC[C@H]3CC[C@H]32)cc1. The van der Waals surface area contributed by atoms with Crippen molar-refractivity contribution >= 4 is 10.0 Å². The van der Waals surface area contributed by atoms with E-state index in [4.69, 9.17) is 0 Å². The Morgan fingerprint density at radius 1 is 1.12 bits per heavy atom. The molecule has 1 saturated heterocycles. The molecule has 1 aromatic carbocycles. The van der Waals surface area contributed by atoms with Gasteiger partial charge in [0.2, 0.25) is 10.0 Å². The average molecular weight is 251 g/mol. The fourth-order valence-corrected chi connectivity index (χ4v) is 4.60. The van der Waals surface area contributed by atoms with Crippen LogP contribution in [0.1, 0.15) is 24.8 Å². The zero-order valence-corrected chi connectivity index (χ0v) is 10.8. The van der Waals surface area contributed by atoms with Gasteiger partial charge in [-0.25, -0.2) is 8.42 Å². The highest BCUT2D eigenvalue weighted by Gasteiger charge is 2.46. The molecule has 0 spiro atoms. The van der Waals surface area contributed by atoms with Crippen molar-refractivity contribution in [2.75, 3.05) is 6.54 Å². The molecule has 4 heteroatoms. The number of fused-ring (bicyclic) bond motifs is 1. The Morgan fingerprint density at radius 3 is 2.35 bits per heavy atom. The molecule has 2 atom stereocenters. The molecule has 0 bridgehead atoms. The van der Waals surface area contributed by atoms with Crippen LogP contribution in [0, 0.1) is 12.8 Å². The highest BCUT2D eigenvalue weighted by atomic mass is 32.2. The zero-order chi connectivity index (χ0) is 12.0. The van der Waals surface area contributed by atoms with E-state index in [0.717, 1.165) is 18.4 Å². The van der Waals surface area contributed by atoms with E-state index in [2.05, 4.69) is 0 Å². The molecule has 1 aromatic rings. The third-order valence-electron chi connectivity index (χ3n) is 4.10. The Hall–Kier alpha value is -0.870. The van der Waals surface area contributed by atoms with Gasteiger partial charge in [-0.1, -0.05) is 17.7 Å². The number of sulfonamides is 1. The van der Waals surface area contributed by atoms with Gasteiger partial charge in [0.05, 0.1) is 4.90 Å². The molecule has 3 nitrogen and oxygen atoms in total. The molecule has 0 N–H and O–H groups in total. The lowest BCUT2D eigenvalue weighted by Gasteiger charge is -2.35. The van der Waals surface area contributed by atoms with E-state index in [1.165, 1.54) is 6.42 Å². The first-order chi connectivity index (χ1) is 8.09. The second kappa shape index (κ2) is 3.82. The van der Waals surface area contributed by atoms with E-state index in [-0.39, 0.29) is 6.04 Å². The number of nitrogens with zero attached hydrogens (tertiary/aromatic N) is 1. The summed E-state index contributed by atoms with van der Waals surface area (Å²) in [5.41, 5.74) is 1.09. The molecule has 1 heterocycles. The third kappa shape index (κ3) is 1.70. The maximum Gasteiger partial charge on any atom is 0.243 e. The molecule has 0 unspecified atom stereocenters. The second-order valence-corrected chi connectivity index (χ2v) is 7.01. The summed E-state index contributed by atoms with van der Waals surface area (Å²) in [6, 6.07) is 7.44. The summed E-state index contributed by atoms with van der Waals surface area (Å²) in [5.74, 6) is 0.621. The normalized spacial score (nSPS) is 28.8. The summed E-state index contributed by atoms with van der Waals surface area (Å²) in [5, 5.41) is 0. The summed E-state index contributed by atoms with van der Waals surface area (Å²) in [6.07, 6.45) is 3.27.